The summed E-state index contributed by atoms with van der Waals surface area (Å²) in [5.74, 6) is 0.0439. The molecule has 3 aromatic rings. The first-order chi connectivity index (χ1) is 16.8. The van der Waals surface area contributed by atoms with Crippen molar-refractivity contribution in [3.05, 3.63) is 71.5 Å². The lowest BCUT2D eigenvalue weighted by Crippen LogP contribution is -2.39. The van der Waals surface area contributed by atoms with E-state index in [-0.39, 0.29) is 27.1 Å². The minimum Gasteiger partial charge on any atom is -0.495 e. The summed E-state index contributed by atoms with van der Waals surface area (Å²) < 4.78 is 44.1. The van der Waals surface area contributed by atoms with Gasteiger partial charge in [-0.3, -0.25) is 14.1 Å². The number of ether oxygens (including phenoxy) is 3. The highest BCUT2D eigenvalue weighted by atomic mass is 35.5. The van der Waals surface area contributed by atoms with E-state index in [0.717, 1.165) is 4.31 Å². The summed E-state index contributed by atoms with van der Waals surface area (Å²) >= 11 is 6.14. The molecule has 0 bridgehead atoms. The minimum absolute atomic E-state index is 0.0682. The highest BCUT2D eigenvalue weighted by Gasteiger charge is 2.30. The van der Waals surface area contributed by atoms with Gasteiger partial charge in [0, 0.05) is 17.3 Å². The number of amides is 1. The van der Waals surface area contributed by atoms with Crippen LogP contribution in [0.5, 0.6) is 17.2 Å². The summed E-state index contributed by atoms with van der Waals surface area (Å²) in [6.07, 6.45) is 2.91. The van der Waals surface area contributed by atoms with Crippen molar-refractivity contribution in [2.75, 3.05) is 32.2 Å². The normalized spacial score (nSPS) is 11.2. The number of carbonyl (C=O) groups is 1. The second-order valence-corrected chi connectivity index (χ2v) is 9.19. The Kier molecular flexibility index (Phi) is 8.50. The van der Waals surface area contributed by atoms with Crippen LogP contribution in [-0.2, 0) is 14.8 Å². The number of rotatable bonds is 10. The van der Waals surface area contributed by atoms with Gasteiger partial charge in [0.15, 0.2) is 11.5 Å². The zero-order chi connectivity index (χ0) is 25.4. The molecule has 0 fully saturated rings. The third kappa shape index (κ3) is 6.19. The first kappa shape index (κ1) is 25.8. The van der Waals surface area contributed by atoms with Crippen LogP contribution in [0.25, 0.3) is 0 Å². The second-order valence-electron chi connectivity index (χ2n) is 6.89. The maximum atomic E-state index is 13.7. The van der Waals surface area contributed by atoms with Crippen molar-refractivity contribution < 1.29 is 27.4 Å². The van der Waals surface area contributed by atoms with E-state index in [1.165, 1.54) is 57.9 Å². The average Bonchev–Trinajstić information content (AvgIpc) is 2.87. The van der Waals surface area contributed by atoms with Gasteiger partial charge in [-0.2, -0.15) is 5.10 Å². The van der Waals surface area contributed by atoms with Crippen LogP contribution in [0.3, 0.4) is 0 Å². The van der Waals surface area contributed by atoms with Gasteiger partial charge in [0.25, 0.3) is 15.9 Å². The lowest BCUT2D eigenvalue weighted by Gasteiger charge is -2.25. The minimum atomic E-state index is -4.30. The lowest BCUT2D eigenvalue weighted by molar-refractivity contribution is -0.119. The standard InChI is InChI=1S/C23H23ClN4O6S/c1-32-20-9-7-16(24)12-19(20)28(15-23(29)27-26-14-17-6-4-5-11-25-17)35(30,31)18-8-10-21(33-2)22(13-18)34-3/h4-14H,15H2,1-3H3,(H,27,29)/b26-14-. The number of nitrogens with one attached hydrogen (secondary N) is 1. The summed E-state index contributed by atoms with van der Waals surface area (Å²) in [7, 11) is -0.0956. The van der Waals surface area contributed by atoms with Gasteiger partial charge < -0.3 is 14.2 Å². The first-order valence-electron chi connectivity index (χ1n) is 10.1. The summed E-state index contributed by atoms with van der Waals surface area (Å²) in [5, 5.41) is 4.10. The molecule has 1 amide bonds. The molecule has 2 aromatic carbocycles. The molecule has 1 N–H and O–H groups in total. The Hall–Kier alpha value is -3.83. The van der Waals surface area contributed by atoms with E-state index in [0.29, 0.717) is 11.4 Å². The quantitative estimate of drug-likeness (QED) is 0.323. The lowest BCUT2D eigenvalue weighted by atomic mass is 10.3. The highest BCUT2D eigenvalue weighted by molar-refractivity contribution is 7.92. The Bertz CT molecular complexity index is 1320. The number of methoxy groups -OCH3 is 3. The van der Waals surface area contributed by atoms with Crippen molar-refractivity contribution in [2.24, 2.45) is 5.10 Å². The van der Waals surface area contributed by atoms with Crippen LogP contribution in [-0.4, -0.2) is 53.4 Å². The number of benzene rings is 2. The van der Waals surface area contributed by atoms with Gasteiger partial charge in [0.05, 0.1) is 43.8 Å². The molecule has 10 nitrogen and oxygen atoms in total. The molecule has 0 saturated heterocycles. The molecule has 0 aliphatic carbocycles. The molecular weight excluding hydrogens is 496 g/mol. The van der Waals surface area contributed by atoms with Crippen molar-refractivity contribution >= 4 is 39.4 Å². The van der Waals surface area contributed by atoms with Gasteiger partial charge in [-0.15, -0.1) is 0 Å². The van der Waals surface area contributed by atoms with E-state index in [1.54, 1.807) is 30.5 Å². The number of anilines is 1. The summed E-state index contributed by atoms with van der Waals surface area (Å²) in [5.41, 5.74) is 2.89. The zero-order valence-electron chi connectivity index (χ0n) is 19.1. The number of sulfonamides is 1. The molecule has 1 heterocycles. The number of carbonyl (C=O) groups excluding carboxylic acids is 1. The van der Waals surface area contributed by atoms with Crippen LogP contribution in [0.1, 0.15) is 5.69 Å². The molecule has 0 atom stereocenters. The molecule has 0 radical (unpaired) electrons. The maximum Gasteiger partial charge on any atom is 0.265 e. The van der Waals surface area contributed by atoms with Gasteiger partial charge in [-0.1, -0.05) is 17.7 Å². The number of nitrogens with zero attached hydrogens (tertiary/aromatic N) is 3. The van der Waals surface area contributed by atoms with E-state index in [9.17, 15) is 13.2 Å². The van der Waals surface area contributed by atoms with Crippen LogP contribution in [0.15, 0.2) is 70.8 Å². The predicted molar refractivity (Wildman–Crippen MR) is 132 cm³/mol. The van der Waals surface area contributed by atoms with E-state index in [4.69, 9.17) is 25.8 Å². The number of hydrazone groups is 1. The molecule has 0 unspecified atom stereocenters. The molecule has 35 heavy (non-hydrogen) atoms. The van der Waals surface area contributed by atoms with E-state index in [1.807, 2.05) is 0 Å². The molecule has 1 aromatic heterocycles. The third-order valence-corrected chi connectivity index (χ3v) is 6.70. The van der Waals surface area contributed by atoms with Crippen molar-refractivity contribution in [2.45, 2.75) is 4.90 Å². The van der Waals surface area contributed by atoms with E-state index in [2.05, 4.69) is 15.5 Å². The van der Waals surface area contributed by atoms with Crippen molar-refractivity contribution in [1.29, 1.82) is 0 Å². The van der Waals surface area contributed by atoms with Crippen LogP contribution in [0, 0.1) is 0 Å². The Morgan fingerprint density at radius 3 is 2.40 bits per heavy atom. The molecule has 0 aliphatic heterocycles. The fraction of sp³-hybridized carbons (Fsp3) is 0.174. The summed E-state index contributed by atoms with van der Waals surface area (Å²) in [6, 6.07) is 13.7. The largest absolute Gasteiger partial charge is 0.495 e. The van der Waals surface area contributed by atoms with Crippen molar-refractivity contribution in [1.82, 2.24) is 10.4 Å². The number of hydrogen-bond donors (Lipinski definition) is 1. The van der Waals surface area contributed by atoms with E-state index >= 15 is 0 Å². The summed E-state index contributed by atoms with van der Waals surface area (Å²) in [6.45, 7) is -0.618. The fourth-order valence-corrected chi connectivity index (χ4v) is 4.66. The molecule has 0 aliphatic rings. The highest BCUT2D eigenvalue weighted by Crippen LogP contribution is 2.36. The SMILES string of the molecule is COc1ccc(S(=O)(=O)N(CC(=O)N/N=C\c2ccccn2)c2cc(Cl)ccc2OC)cc1OC. The van der Waals surface area contributed by atoms with Gasteiger partial charge in [-0.25, -0.2) is 13.8 Å². The van der Waals surface area contributed by atoms with Crippen LogP contribution in [0.2, 0.25) is 5.02 Å². The zero-order valence-corrected chi connectivity index (χ0v) is 20.7. The van der Waals surface area contributed by atoms with Gasteiger partial charge >= 0.3 is 0 Å². The van der Waals surface area contributed by atoms with Crippen molar-refractivity contribution in [3.63, 3.8) is 0 Å². The second kappa shape index (κ2) is 11.5. The number of pyridine rings is 1. The van der Waals surface area contributed by atoms with Crippen molar-refractivity contribution in [3.8, 4) is 17.2 Å². The molecule has 0 saturated carbocycles. The number of aromatic nitrogens is 1. The predicted octanol–water partition coefficient (Wildman–Crippen LogP) is 3.11. The summed E-state index contributed by atoms with van der Waals surface area (Å²) in [4.78, 5) is 16.7. The fourth-order valence-electron chi connectivity index (χ4n) is 3.05. The number of halogens is 1. The van der Waals surface area contributed by atoms with Crippen LogP contribution >= 0.6 is 11.6 Å². The van der Waals surface area contributed by atoms with Crippen LogP contribution in [0.4, 0.5) is 5.69 Å². The van der Waals surface area contributed by atoms with Gasteiger partial charge in [0.2, 0.25) is 0 Å². The smallest absolute Gasteiger partial charge is 0.265 e. The molecule has 12 heteroatoms. The molecule has 3 rings (SSSR count). The number of hydrogen-bond acceptors (Lipinski definition) is 8. The van der Waals surface area contributed by atoms with Crippen LogP contribution < -0.4 is 23.9 Å². The Balaban J connectivity index is 1.99. The Morgan fingerprint density at radius 1 is 1.03 bits per heavy atom. The Labute approximate surface area is 208 Å². The van der Waals surface area contributed by atoms with Gasteiger partial charge in [-0.05, 0) is 42.5 Å². The maximum absolute atomic E-state index is 13.7. The topological polar surface area (TPSA) is 119 Å². The van der Waals surface area contributed by atoms with Gasteiger partial charge in [0.1, 0.15) is 12.3 Å². The average molecular weight is 519 g/mol. The Morgan fingerprint density at radius 2 is 1.74 bits per heavy atom. The monoisotopic (exact) mass is 518 g/mol. The molecule has 0 spiro atoms. The van der Waals surface area contributed by atoms with E-state index < -0.39 is 22.5 Å². The molecular formula is C23H23ClN4O6S. The molecule has 184 valence electrons. The first-order valence-corrected chi connectivity index (χ1v) is 11.9. The third-order valence-electron chi connectivity index (χ3n) is 4.71.